The first-order chi connectivity index (χ1) is 10.3. The summed E-state index contributed by atoms with van der Waals surface area (Å²) < 4.78 is 17.6. The van der Waals surface area contributed by atoms with Crippen LogP contribution in [0.3, 0.4) is 0 Å². The zero-order valence-corrected chi connectivity index (χ0v) is 13.6. The molecule has 2 rings (SSSR count). The molecule has 1 aliphatic carbocycles. The fourth-order valence-corrected chi connectivity index (χ4v) is 3.46. The molecule has 1 heterocycles. The van der Waals surface area contributed by atoms with Gasteiger partial charge in [0.1, 0.15) is 6.10 Å². The SMILES string of the molecule is C=COC(CCCCCC)(OCC1CO1)C1CCCCC1. The molecular formula is C18H32O3. The molecule has 21 heavy (non-hydrogen) atoms. The monoisotopic (exact) mass is 296 g/mol. The Bertz CT molecular complexity index is 295. The van der Waals surface area contributed by atoms with Gasteiger partial charge in [0.25, 0.3) is 0 Å². The van der Waals surface area contributed by atoms with Gasteiger partial charge in [-0.15, -0.1) is 0 Å². The van der Waals surface area contributed by atoms with E-state index in [1.807, 2.05) is 0 Å². The molecule has 0 N–H and O–H groups in total. The maximum absolute atomic E-state index is 6.30. The van der Waals surface area contributed by atoms with Crippen LogP contribution in [-0.2, 0) is 14.2 Å². The van der Waals surface area contributed by atoms with Crippen molar-refractivity contribution in [2.45, 2.75) is 83.0 Å². The fraction of sp³-hybridized carbons (Fsp3) is 0.889. The van der Waals surface area contributed by atoms with Gasteiger partial charge in [-0.3, -0.25) is 0 Å². The maximum atomic E-state index is 6.30. The number of hydrogen-bond acceptors (Lipinski definition) is 3. The van der Waals surface area contributed by atoms with Gasteiger partial charge in [-0.05, 0) is 19.3 Å². The highest BCUT2D eigenvalue weighted by Crippen LogP contribution is 2.40. The van der Waals surface area contributed by atoms with Gasteiger partial charge in [0.15, 0.2) is 0 Å². The summed E-state index contributed by atoms with van der Waals surface area (Å²) in [5.74, 6) is 0.0478. The van der Waals surface area contributed by atoms with Crippen LogP contribution in [-0.4, -0.2) is 25.1 Å². The van der Waals surface area contributed by atoms with Gasteiger partial charge < -0.3 is 14.2 Å². The van der Waals surface area contributed by atoms with Gasteiger partial charge in [0, 0.05) is 12.3 Å². The number of ether oxygens (including phenoxy) is 3. The molecule has 0 spiro atoms. The van der Waals surface area contributed by atoms with Crippen molar-refractivity contribution >= 4 is 0 Å². The highest BCUT2D eigenvalue weighted by molar-refractivity contribution is 4.85. The van der Waals surface area contributed by atoms with Crippen LogP contribution in [0.1, 0.15) is 71.1 Å². The largest absolute Gasteiger partial charge is 0.470 e. The van der Waals surface area contributed by atoms with Gasteiger partial charge in [0.05, 0.1) is 19.5 Å². The summed E-state index contributed by atoms with van der Waals surface area (Å²) in [5, 5.41) is 0. The van der Waals surface area contributed by atoms with Gasteiger partial charge >= 0.3 is 0 Å². The molecule has 0 aromatic heterocycles. The molecule has 122 valence electrons. The van der Waals surface area contributed by atoms with Crippen LogP contribution in [0.25, 0.3) is 0 Å². The lowest BCUT2D eigenvalue weighted by molar-refractivity contribution is -0.251. The van der Waals surface area contributed by atoms with E-state index in [-0.39, 0.29) is 6.10 Å². The molecule has 2 unspecified atom stereocenters. The Labute approximate surface area is 130 Å². The summed E-state index contributed by atoms with van der Waals surface area (Å²) in [4.78, 5) is 0. The van der Waals surface area contributed by atoms with Crippen molar-refractivity contribution in [3.05, 3.63) is 12.8 Å². The van der Waals surface area contributed by atoms with Gasteiger partial charge in [0.2, 0.25) is 5.79 Å². The third-order valence-corrected chi connectivity index (χ3v) is 4.80. The molecule has 0 radical (unpaired) electrons. The first-order valence-electron chi connectivity index (χ1n) is 8.85. The molecule has 2 aliphatic rings. The first-order valence-corrected chi connectivity index (χ1v) is 8.85. The van der Waals surface area contributed by atoms with Crippen molar-refractivity contribution in [3.8, 4) is 0 Å². The Balaban J connectivity index is 1.96. The standard InChI is InChI=1S/C18H32O3/c1-3-5-6-10-13-18(20-4-2,21-15-17-14-19-17)16-11-8-7-9-12-16/h4,16-17H,2-3,5-15H2,1H3. The minimum Gasteiger partial charge on any atom is -0.470 e. The zero-order valence-electron chi connectivity index (χ0n) is 13.6. The summed E-state index contributed by atoms with van der Waals surface area (Å²) in [6.07, 6.45) is 14.2. The lowest BCUT2D eigenvalue weighted by atomic mass is 9.80. The van der Waals surface area contributed by atoms with E-state index in [0.717, 1.165) is 13.0 Å². The van der Waals surface area contributed by atoms with E-state index in [1.54, 1.807) is 6.26 Å². The number of hydrogen-bond donors (Lipinski definition) is 0. The normalized spacial score (nSPS) is 25.3. The van der Waals surface area contributed by atoms with E-state index in [9.17, 15) is 0 Å². The van der Waals surface area contributed by atoms with Crippen LogP contribution in [0.2, 0.25) is 0 Å². The molecule has 2 atom stereocenters. The van der Waals surface area contributed by atoms with Gasteiger partial charge in [-0.2, -0.15) is 0 Å². The maximum Gasteiger partial charge on any atom is 0.212 e. The van der Waals surface area contributed by atoms with Crippen LogP contribution < -0.4 is 0 Å². The average molecular weight is 296 g/mol. The Kier molecular flexibility index (Phi) is 7.05. The van der Waals surface area contributed by atoms with E-state index in [2.05, 4.69) is 13.5 Å². The lowest BCUT2D eigenvalue weighted by Gasteiger charge is -2.41. The topological polar surface area (TPSA) is 31.0 Å². The molecule has 0 aromatic carbocycles. The van der Waals surface area contributed by atoms with Crippen LogP contribution in [0.15, 0.2) is 12.8 Å². The third-order valence-electron chi connectivity index (χ3n) is 4.80. The van der Waals surface area contributed by atoms with Crippen LogP contribution in [0, 0.1) is 5.92 Å². The van der Waals surface area contributed by atoms with Crippen molar-refractivity contribution < 1.29 is 14.2 Å². The summed E-state index contributed by atoms with van der Waals surface area (Å²) in [7, 11) is 0. The molecule has 0 amide bonds. The molecule has 1 saturated heterocycles. The Morgan fingerprint density at radius 3 is 2.57 bits per heavy atom. The Morgan fingerprint density at radius 1 is 1.19 bits per heavy atom. The summed E-state index contributed by atoms with van der Waals surface area (Å²) in [5.41, 5.74) is 0. The minimum atomic E-state index is -0.456. The zero-order chi connectivity index (χ0) is 15.0. The summed E-state index contributed by atoms with van der Waals surface area (Å²) in [6, 6.07) is 0. The lowest BCUT2D eigenvalue weighted by Crippen LogP contribution is -2.44. The molecule has 1 saturated carbocycles. The van der Waals surface area contributed by atoms with Crippen LogP contribution in [0.4, 0.5) is 0 Å². The molecule has 3 nitrogen and oxygen atoms in total. The second kappa shape index (κ2) is 8.79. The van der Waals surface area contributed by atoms with E-state index in [4.69, 9.17) is 14.2 Å². The Hall–Kier alpha value is -0.540. The van der Waals surface area contributed by atoms with Crippen molar-refractivity contribution in [1.82, 2.24) is 0 Å². The first kappa shape index (κ1) is 16.8. The third kappa shape index (κ3) is 5.30. The van der Waals surface area contributed by atoms with Crippen molar-refractivity contribution in [2.24, 2.45) is 5.92 Å². The van der Waals surface area contributed by atoms with E-state index in [0.29, 0.717) is 12.5 Å². The second-order valence-corrected chi connectivity index (χ2v) is 6.51. The molecule has 0 aromatic rings. The molecule has 3 heteroatoms. The summed E-state index contributed by atoms with van der Waals surface area (Å²) >= 11 is 0. The molecule has 2 fully saturated rings. The smallest absolute Gasteiger partial charge is 0.212 e. The molecule has 0 bridgehead atoms. The summed E-state index contributed by atoms with van der Waals surface area (Å²) in [6.45, 7) is 7.54. The molecule has 1 aliphatic heterocycles. The fourth-order valence-electron chi connectivity index (χ4n) is 3.46. The molecular weight excluding hydrogens is 264 g/mol. The minimum absolute atomic E-state index is 0.289. The average Bonchev–Trinajstić information content (AvgIpc) is 3.34. The van der Waals surface area contributed by atoms with Gasteiger partial charge in [-0.1, -0.05) is 52.0 Å². The van der Waals surface area contributed by atoms with E-state index in [1.165, 1.54) is 57.8 Å². The van der Waals surface area contributed by atoms with Crippen molar-refractivity contribution in [2.75, 3.05) is 13.2 Å². The Morgan fingerprint density at radius 2 is 1.95 bits per heavy atom. The quantitative estimate of drug-likeness (QED) is 0.237. The second-order valence-electron chi connectivity index (χ2n) is 6.51. The van der Waals surface area contributed by atoms with Crippen molar-refractivity contribution in [3.63, 3.8) is 0 Å². The highest BCUT2D eigenvalue weighted by Gasteiger charge is 2.42. The predicted octanol–water partition coefficient (Wildman–Crippen LogP) is 4.81. The van der Waals surface area contributed by atoms with Crippen molar-refractivity contribution in [1.29, 1.82) is 0 Å². The predicted molar refractivity (Wildman–Crippen MR) is 85.0 cm³/mol. The van der Waals surface area contributed by atoms with E-state index >= 15 is 0 Å². The highest BCUT2D eigenvalue weighted by atomic mass is 16.7. The number of epoxide rings is 1. The van der Waals surface area contributed by atoms with Gasteiger partial charge in [-0.25, -0.2) is 0 Å². The number of unbranched alkanes of at least 4 members (excludes halogenated alkanes) is 3. The van der Waals surface area contributed by atoms with Crippen LogP contribution in [0.5, 0.6) is 0 Å². The van der Waals surface area contributed by atoms with Crippen LogP contribution >= 0.6 is 0 Å². The number of rotatable bonds is 11. The van der Waals surface area contributed by atoms with E-state index < -0.39 is 5.79 Å².